The van der Waals surface area contributed by atoms with E-state index >= 15 is 0 Å². The van der Waals surface area contributed by atoms with Gasteiger partial charge in [0.25, 0.3) is 5.69 Å². The summed E-state index contributed by atoms with van der Waals surface area (Å²) < 4.78 is 1.72. The Morgan fingerprint density at radius 2 is 1.75 bits per heavy atom. The van der Waals surface area contributed by atoms with Gasteiger partial charge in [0, 0.05) is 17.7 Å². The van der Waals surface area contributed by atoms with Crippen molar-refractivity contribution in [3.63, 3.8) is 0 Å². The highest BCUT2D eigenvalue weighted by Gasteiger charge is 2.16. The Hall–Kier alpha value is -2.16. The lowest BCUT2D eigenvalue weighted by molar-refractivity contribution is -0.690. The van der Waals surface area contributed by atoms with Crippen LogP contribution in [0.5, 0.6) is 0 Å². The van der Waals surface area contributed by atoms with Crippen LogP contribution in [0, 0.1) is 0 Å². The molecule has 0 unspecified atom stereocenters. The number of nitrogens with zero attached hydrogens (tertiary/aromatic N) is 1. The predicted octanol–water partition coefficient (Wildman–Crippen LogP) is 1.72. The number of rotatable bonds is 3. The van der Waals surface area contributed by atoms with Crippen LogP contribution in [0.3, 0.4) is 0 Å². The molecular formula is C13H12NO2+. The van der Waals surface area contributed by atoms with Gasteiger partial charge in [0.15, 0.2) is 12.7 Å². The summed E-state index contributed by atoms with van der Waals surface area (Å²) in [5.74, 6) is -0.906. The van der Waals surface area contributed by atoms with Gasteiger partial charge < -0.3 is 5.11 Å². The second-order valence-electron chi connectivity index (χ2n) is 3.50. The number of carboxylic acid groups (broad SMARTS) is 1. The second kappa shape index (κ2) is 4.57. The van der Waals surface area contributed by atoms with Crippen LogP contribution in [0.25, 0.3) is 0 Å². The summed E-state index contributed by atoms with van der Waals surface area (Å²) in [7, 11) is 0. The van der Waals surface area contributed by atoms with Crippen molar-refractivity contribution in [3.8, 4) is 0 Å². The summed E-state index contributed by atoms with van der Waals surface area (Å²) in [5, 5.41) is 9.02. The molecule has 0 atom stereocenters. The van der Waals surface area contributed by atoms with Gasteiger partial charge in [-0.15, -0.1) is 0 Å². The summed E-state index contributed by atoms with van der Waals surface area (Å²) in [5.41, 5.74) is 1.38. The van der Waals surface area contributed by atoms with Gasteiger partial charge in [-0.3, -0.25) is 0 Å². The lowest BCUT2D eigenvalue weighted by Gasteiger charge is -2.00. The van der Waals surface area contributed by atoms with Crippen LogP contribution in [0.1, 0.15) is 16.1 Å². The fourth-order valence-electron chi connectivity index (χ4n) is 1.59. The lowest BCUT2D eigenvalue weighted by Crippen LogP contribution is -2.40. The minimum atomic E-state index is -0.906. The highest BCUT2D eigenvalue weighted by Crippen LogP contribution is 1.99. The standard InChI is InChI=1S/C13H11NO2/c15-13(16)12-8-4-5-9-14(12)10-11-6-2-1-3-7-11/h1-9H,10H2/p+1. The van der Waals surface area contributed by atoms with Crippen LogP contribution >= 0.6 is 0 Å². The van der Waals surface area contributed by atoms with E-state index in [2.05, 4.69) is 0 Å². The molecular weight excluding hydrogens is 202 g/mol. The van der Waals surface area contributed by atoms with Crippen LogP contribution in [0.2, 0.25) is 0 Å². The fraction of sp³-hybridized carbons (Fsp3) is 0.0769. The Morgan fingerprint density at radius 1 is 1.06 bits per heavy atom. The van der Waals surface area contributed by atoms with E-state index in [-0.39, 0.29) is 0 Å². The Kier molecular flexibility index (Phi) is 2.96. The summed E-state index contributed by atoms with van der Waals surface area (Å²) in [6, 6.07) is 14.9. The summed E-state index contributed by atoms with van der Waals surface area (Å²) in [6.45, 7) is 0.573. The number of carbonyl (C=O) groups is 1. The van der Waals surface area contributed by atoms with Crippen LogP contribution in [-0.2, 0) is 6.54 Å². The minimum Gasteiger partial charge on any atom is -0.473 e. The molecule has 80 valence electrons. The Bertz CT molecular complexity index is 494. The Morgan fingerprint density at radius 3 is 2.44 bits per heavy atom. The molecule has 0 aliphatic carbocycles. The van der Waals surface area contributed by atoms with Gasteiger partial charge in [-0.2, -0.15) is 4.57 Å². The smallest absolute Gasteiger partial charge is 0.401 e. The number of pyridine rings is 1. The average molecular weight is 214 g/mol. The van der Waals surface area contributed by atoms with Gasteiger partial charge in [0.2, 0.25) is 0 Å². The maximum Gasteiger partial charge on any atom is 0.401 e. The third kappa shape index (κ3) is 2.25. The molecule has 0 saturated heterocycles. The first-order chi connectivity index (χ1) is 7.77. The van der Waals surface area contributed by atoms with E-state index < -0.39 is 5.97 Å². The molecule has 0 saturated carbocycles. The minimum absolute atomic E-state index is 0.298. The highest BCUT2D eigenvalue weighted by atomic mass is 16.4. The van der Waals surface area contributed by atoms with Crippen molar-refractivity contribution >= 4 is 5.97 Å². The molecule has 3 heteroatoms. The molecule has 3 nitrogen and oxygen atoms in total. The van der Waals surface area contributed by atoms with Crippen molar-refractivity contribution in [1.29, 1.82) is 0 Å². The molecule has 0 aliphatic rings. The van der Waals surface area contributed by atoms with E-state index in [0.29, 0.717) is 12.2 Å². The molecule has 2 rings (SSSR count). The molecule has 0 aliphatic heterocycles. The third-order valence-electron chi connectivity index (χ3n) is 2.36. The number of aromatic carboxylic acids is 1. The monoisotopic (exact) mass is 214 g/mol. The molecule has 16 heavy (non-hydrogen) atoms. The predicted molar refractivity (Wildman–Crippen MR) is 59.1 cm³/mol. The zero-order chi connectivity index (χ0) is 11.4. The van der Waals surface area contributed by atoms with E-state index in [1.165, 1.54) is 0 Å². The molecule has 1 aromatic heterocycles. The SMILES string of the molecule is O=C(O)c1cccc[n+]1Cc1ccccc1. The van der Waals surface area contributed by atoms with Crippen molar-refractivity contribution < 1.29 is 14.5 Å². The molecule has 1 heterocycles. The van der Waals surface area contributed by atoms with E-state index in [1.807, 2.05) is 36.4 Å². The maximum atomic E-state index is 11.0. The van der Waals surface area contributed by atoms with Gasteiger partial charge in [0.1, 0.15) is 0 Å². The molecule has 2 aromatic rings. The molecule has 0 amide bonds. The fourth-order valence-corrected chi connectivity index (χ4v) is 1.59. The average Bonchev–Trinajstić information content (AvgIpc) is 2.31. The first-order valence-corrected chi connectivity index (χ1v) is 5.03. The van der Waals surface area contributed by atoms with Crippen LogP contribution in [0.15, 0.2) is 54.7 Å². The number of benzene rings is 1. The zero-order valence-electron chi connectivity index (χ0n) is 8.71. The third-order valence-corrected chi connectivity index (χ3v) is 2.36. The van der Waals surface area contributed by atoms with Gasteiger partial charge in [0.05, 0.1) is 0 Å². The van der Waals surface area contributed by atoms with Crippen LogP contribution in [0.4, 0.5) is 0 Å². The normalized spacial score (nSPS) is 10.0. The summed E-state index contributed by atoms with van der Waals surface area (Å²) >= 11 is 0. The van der Waals surface area contributed by atoms with E-state index in [4.69, 9.17) is 5.11 Å². The largest absolute Gasteiger partial charge is 0.473 e. The van der Waals surface area contributed by atoms with Crippen LogP contribution < -0.4 is 4.57 Å². The quantitative estimate of drug-likeness (QED) is 0.790. The van der Waals surface area contributed by atoms with Gasteiger partial charge >= 0.3 is 5.97 Å². The number of aromatic nitrogens is 1. The lowest BCUT2D eigenvalue weighted by atomic mass is 10.2. The second-order valence-corrected chi connectivity index (χ2v) is 3.50. The molecule has 1 N–H and O–H groups in total. The molecule has 0 bridgehead atoms. The Balaban J connectivity index is 2.31. The Labute approximate surface area is 93.6 Å². The maximum absolute atomic E-state index is 11.0. The van der Waals surface area contributed by atoms with Gasteiger partial charge in [-0.25, -0.2) is 4.79 Å². The zero-order valence-corrected chi connectivity index (χ0v) is 8.71. The molecule has 0 fully saturated rings. The van der Waals surface area contributed by atoms with Gasteiger partial charge in [-0.1, -0.05) is 30.3 Å². The molecule has 0 radical (unpaired) electrons. The van der Waals surface area contributed by atoms with Crippen molar-refractivity contribution in [2.75, 3.05) is 0 Å². The number of carboxylic acids is 1. The van der Waals surface area contributed by atoms with Crippen LogP contribution in [-0.4, -0.2) is 11.1 Å². The number of hydrogen-bond donors (Lipinski definition) is 1. The summed E-state index contributed by atoms with van der Waals surface area (Å²) in [4.78, 5) is 11.0. The van der Waals surface area contributed by atoms with Crippen molar-refractivity contribution in [1.82, 2.24) is 0 Å². The first kappa shape index (κ1) is 10.4. The van der Waals surface area contributed by atoms with E-state index in [9.17, 15) is 4.79 Å². The molecule has 0 spiro atoms. The van der Waals surface area contributed by atoms with Gasteiger partial charge in [-0.05, 0) is 6.07 Å². The topological polar surface area (TPSA) is 41.2 Å². The first-order valence-electron chi connectivity index (χ1n) is 5.03. The highest BCUT2D eigenvalue weighted by molar-refractivity contribution is 5.83. The molecule has 1 aromatic carbocycles. The van der Waals surface area contributed by atoms with E-state index in [0.717, 1.165) is 5.56 Å². The van der Waals surface area contributed by atoms with Crippen molar-refractivity contribution in [2.45, 2.75) is 6.54 Å². The number of hydrogen-bond acceptors (Lipinski definition) is 1. The van der Waals surface area contributed by atoms with Crippen molar-refractivity contribution in [3.05, 3.63) is 66.0 Å². The summed E-state index contributed by atoms with van der Waals surface area (Å²) in [6.07, 6.45) is 1.77. The van der Waals surface area contributed by atoms with E-state index in [1.54, 1.807) is 22.9 Å². The van der Waals surface area contributed by atoms with Crippen molar-refractivity contribution in [2.24, 2.45) is 0 Å².